The van der Waals surface area contributed by atoms with E-state index in [-0.39, 0.29) is 31.1 Å². The molecule has 0 N–H and O–H groups in total. The quantitative estimate of drug-likeness (QED) is 0.0261. The molecule has 0 saturated heterocycles. The second-order valence-electron chi connectivity index (χ2n) is 23.8. The highest BCUT2D eigenvalue weighted by Crippen LogP contribution is 2.18. The lowest BCUT2D eigenvalue weighted by Gasteiger charge is -2.18. The van der Waals surface area contributed by atoms with E-state index in [1.165, 1.54) is 212 Å². The van der Waals surface area contributed by atoms with Crippen LogP contribution in [0.25, 0.3) is 0 Å². The third-order valence-electron chi connectivity index (χ3n) is 15.6. The molecule has 0 fully saturated rings. The molecule has 0 aromatic carbocycles. The summed E-state index contributed by atoms with van der Waals surface area (Å²) < 4.78 is 17.0. The van der Waals surface area contributed by atoms with Crippen molar-refractivity contribution in [2.24, 2.45) is 0 Å². The van der Waals surface area contributed by atoms with Crippen LogP contribution in [0.4, 0.5) is 0 Å². The number of hydrogen-bond acceptors (Lipinski definition) is 6. The van der Waals surface area contributed by atoms with E-state index in [4.69, 9.17) is 14.2 Å². The van der Waals surface area contributed by atoms with Gasteiger partial charge >= 0.3 is 17.9 Å². The molecular weight excluding hydrogens is 1010 g/mol. The van der Waals surface area contributed by atoms with E-state index in [0.717, 1.165) is 109 Å². The number of allylic oxidation sites excluding steroid dienone is 14. The third-order valence-corrected chi connectivity index (χ3v) is 15.6. The van der Waals surface area contributed by atoms with Crippen LogP contribution in [0.3, 0.4) is 0 Å². The second-order valence-corrected chi connectivity index (χ2v) is 23.8. The van der Waals surface area contributed by atoms with Gasteiger partial charge in [0.25, 0.3) is 0 Å². The molecular formula is C76H134O6. The van der Waals surface area contributed by atoms with Crippen molar-refractivity contribution in [3.05, 3.63) is 85.1 Å². The molecule has 0 aliphatic rings. The predicted octanol–water partition coefficient (Wildman–Crippen LogP) is 24.6. The summed E-state index contributed by atoms with van der Waals surface area (Å²) in [6, 6.07) is 0. The molecule has 0 bridgehead atoms. The van der Waals surface area contributed by atoms with E-state index < -0.39 is 6.10 Å². The maximum Gasteiger partial charge on any atom is 0.306 e. The molecule has 1 atom stereocenters. The molecule has 0 amide bonds. The Hall–Kier alpha value is -3.41. The molecule has 0 spiro atoms. The van der Waals surface area contributed by atoms with Crippen LogP contribution in [-0.2, 0) is 28.6 Å². The van der Waals surface area contributed by atoms with Gasteiger partial charge in [-0.05, 0) is 96.3 Å². The predicted molar refractivity (Wildman–Crippen MR) is 358 cm³/mol. The van der Waals surface area contributed by atoms with Crippen molar-refractivity contribution in [1.82, 2.24) is 0 Å². The highest BCUT2D eigenvalue weighted by molar-refractivity contribution is 5.71. The van der Waals surface area contributed by atoms with Gasteiger partial charge in [0.1, 0.15) is 13.2 Å². The molecule has 1 unspecified atom stereocenters. The van der Waals surface area contributed by atoms with Crippen LogP contribution in [0.15, 0.2) is 85.1 Å². The summed E-state index contributed by atoms with van der Waals surface area (Å²) in [5, 5.41) is 0. The molecule has 82 heavy (non-hydrogen) atoms. The molecule has 0 aliphatic carbocycles. The molecule has 0 aromatic heterocycles. The molecule has 6 nitrogen and oxygen atoms in total. The number of rotatable bonds is 65. The SMILES string of the molecule is CC/C=C\C/C=C\C/C=C\C/C=C\CCCCCCC(=O)OC(COC(=O)CCCCCCCCCCCCCCCC)COC(=O)CCCCCCCCCCCCCCCCCCCC/C=C\C/C=C\C/C=C\CCCCCCC. The maximum atomic E-state index is 12.9. The molecule has 0 aliphatic heterocycles. The normalized spacial score (nSPS) is 12.6. The summed E-state index contributed by atoms with van der Waals surface area (Å²) in [6.07, 6.45) is 93.3. The molecule has 0 radical (unpaired) electrons. The lowest BCUT2D eigenvalue weighted by Crippen LogP contribution is -2.30. The zero-order chi connectivity index (χ0) is 59.2. The van der Waals surface area contributed by atoms with E-state index in [1.807, 2.05) is 0 Å². The Morgan fingerprint density at radius 1 is 0.256 bits per heavy atom. The van der Waals surface area contributed by atoms with Crippen molar-refractivity contribution < 1.29 is 28.6 Å². The second kappa shape index (κ2) is 70.1. The number of ether oxygens (including phenoxy) is 3. The number of hydrogen-bond donors (Lipinski definition) is 0. The van der Waals surface area contributed by atoms with Crippen LogP contribution in [0.5, 0.6) is 0 Å². The Morgan fingerprint density at radius 3 is 0.744 bits per heavy atom. The molecule has 0 saturated carbocycles. The summed E-state index contributed by atoms with van der Waals surface area (Å²) in [4.78, 5) is 38.4. The summed E-state index contributed by atoms with van der Waals surface area (Å²) in [5.74, 6) is -0.887. The van der Waals surface area contributed by atoms with Gasteiger partial charge in [-0.25, -0.2) is 0 Å². The van der Waals surface area contributed by atoms with Crippen LogP contribution in [0.1, 0.15) is 361 Å². The van der Waals surface area contributed by atoms with Gasteiger partial charge in [0.15, 0.2) is 6.10 Å². The van der Waals surface area contributed by atoms with Crippen molar-refractivity contribution in [2.45, 2.75) is 367 Å². The van der Waals surface area contributed by atoms with Gasteiger partial charge < -0.3 is 14.2 Å². The first-order chi connectivity index (χ1) is 40.5. The van der Waals surface area contributed by atoms with Crippen LogP contribution >= 0.6 is 0 Å². The van der Waals surface area contributed by atoms with Crippen LogP contribution in [0.2, 0.25) is 0 Å². The fourth-order valence-electron chi connectivity index (χ4n) is 10.3. The van der Waals surface area contributed by atoms with Crippen molar-refractivity contribution in [2.75, 3.05) is 13.2 Å². The lowest BCUT2D eigenvalue weighted by molar-refractivity contribution is -0.167. The van der Waals surface area contributed by atoms with E-state index >= 15 is 0 Å². The Bertz CT molecular complexity index is 1550. The molecule has 0 heterocycles. The van der Waals surface area contributed by atoms with Gasteiger partial charge in [-0.15, -0.1) is 0 Å². The Balaban J connectivity index is 4.19. The Labute approximate surface area is 509 Å². The molecule has 0 aromatic rings. The molecule has 474 valence electrons. The minimum absolute atomic E-state index is 0.0819. The van der Waals surface area contributed by atoms with E-state index in [9.17, 15) is 14.4 Å². The number of unbranched alkanes of at least 4 members (excludes halogenated alkanes) is 40. The van der Waals surface area contributed by atoms with Gasteiger partial charge in [-0.2, -0.15) is 0 Å². The first-order valence-corrected chi connectivity index (χ1v) is 35.6. The van der Waals surface area contributed by atoms with E-state index in [2.05, 4.69) is 106 Å². The number of esters is 3. The van der Waals surface area contributed by atoms with E-state index in [1.54, 1.807) is 0 Å². The summed E-state index contributed by atoms with van der Waals surface area (Å²) in [5.41, 5.74) is 0. The van der Waals surface area contributed by atoms with Crippen molar-refractivity contribution in [1.29, 1.82) is 0 Å². The lowest BCUT2D eigenvalue weighted by atomic mass is 10.0. The first-order valence-electron chi connectivity index (χ1n) is 35.6. The standard InChI is InChI=1S/C76H134O6/c1-4-7-10-13-16-19-22-25-28-30-31-32-33-34-35-36-37-38-39-40-41-42-43-44-45-47-48-51-54-57-60-63-66-69-75(78)81-72-73(71-80-74(77)68-65-62-59-56-53-50-27-24-21-18-15-12-9-6-3)82-76(79)70-67-64-61-58-55-52-49-46-29-26-23-20-17-14-11-8-5-2/h8,11,17,20,22,25-26,29-31,33-34,49,52,73H,4-7,9-10,12-16,18-19,21,23-24,27-28,32,35-48,50-51,53-72H2,1-3H3/b11-8-,20-17-,25-22-,29-26-,31-30-,34-33-,52-49-. The first kappa shape index (κ1) is 78.6. The fraction of sp³-hybridized carbons (Fsp3) is 0.776. The molecule has 6 heteroatoms. The van der Waals surface area contributed by atoms with Crippen molar-refractivity contribution in [3.63, 3.8) is 0 Å². The smallest absolute Gasteiger partial charge is 0.306 e. The minimum Gasteiger partial charge on any atom is -0.462 e. The maximum absolute atomic E-state index is 12.9. The Kier molecular flexibility index (Phi) is 67.2. The van der Waals surface area contributed by atoms with Crippen LogP contribution in [0, 0.1) is 0 Å². The highest BCUT2D eigenvalue weighted by Gasteiger charge is 2.19. The largest absolute Gasteiger partial charge is 0.462 e. The number of carbonyl (C=O) groups excluding carboxylic acids is 3. The average molecular weight is 1140 g/mol. The zero-order valence-corrected chi connectivity index (χ0v) is 54.5. The summed E-state index contributed by atoms with van der Waals surface area (Å²) >= 11 is 0. The van der Waals surface area contributed by atoms with Gasteiger partial charge in [-0.1, -0.05) is 331 Å². The van der Waals surface area contributed by atoms with Gasteiger partial charge in [-0.3, -0.25) is 14.4 Å². The van der Waals surface area contributed by atoms with Crippen molar-refractivity contribution >= 4 is 17.9 Å². The van der Waals surface area contributed by atoms with E-state index in [0.29, 0.717) is 19.3 Å². The molecule has 0 rings (SSSR count). The zero-order valence-electron chi connectivity index (χ0n) is 54.5. The summed E-state index contributed by atoms with van der Waals surface area (Å²) in [6.45, 7) is 6.54. The van der Waals surface area contributed by atoms with Gasteiger partial charge in [0.2, 0.25) is 0 Å². The minimum atomic E-state index is -0.788. The third kappa shape index (κ3) is 67.4. The topological polar surface area (TPSA) is 78.9 Å². The fourth-order valence-corrected chi connectivity index (χ4v) is 10.3. The van der Waals surface area contributed by atoms with Gasteiger partial charge in [0, 0.05) is 19.3 Å². The van der Waals surface area contributed by atoms with Crippen LogP contribution in [-0.4, -0.2) is 37.2 Å². The Morgan fingerprint density at radius 2 is 0.476 bits per heavy atom. The monoisotopic (exact) mass is 1140 g/mol. The average Bonchev–Trinajstić information content (AvgIpc) is 3.48. The van der Waals surface area contributed by atoms with Crippen LogP contribution < -0.4 is 0 Å². The summed E-state index contributed by atoms with van der Waals surface area (Å²) in [7, 11) is 0. The van der Waals surface area contributed by atoms with Crippen molar-refractivity contribution in [3.8, 4) is 0 Å². The number of carbonyl (C=O) groups is 3. The van der Waals surface area contributed by atoms with Gasteiger partial charge in [0.05, 0.1) is 0 Å². The highest BCUT2D eigenvalue weighted by atomic mass is 16.6.